The van der Waals surface area contributed by atoms with Crippen LogP contribution >= 0.6 is 0 Å². The number of hydrogen-bond donors (Lipinski definition) is 1. The van der Waals surface area contributed by atoms with E-state index < -0.39 is 10.0 Å². The number of sulfonamides is 1. The standard InChI is InChI=1S/C14H19NO3S/c16-12-14-8-4-5-10-15(14)19(17,18)11-9-13-6-2-1-3-7-13/h1-3,6-7,9,11,14,16H,4-5,8,10,12H2/b11-9+. The third-order valence-corrected chi connectivity index (χ3v) is 4.96. The van der Waals surface area contributed by atoms with Gasteiger partial charge in [0.05, 0.1) is 6.61 Å². The Morgan fingerprint density at radius 2 is 2.00 bits per heavy atom. The van der Waals surface area contributed by atoms with E-state index in [-0.39, 0.29) is 12.6 Å². The Morgan fingerprint density at radius 3 is 2.68 bits per heavy atom. The second kappa shape index (κ2) is 6.32. The highest BCUT2D eigenvalue weighted by atomic mass is 32.2. The summed E-state index contributed by atoms with van der Waals surface area (Å²) in [6, 6.07) is 9.04. The van der Waals surface area contributed by atoms with Gasteiger partial charge in [-0.1, -0.05) is 36.8 Å². The maximum Gasteiger partial charge on any atom is 0.236 e. The lowest BCUT2D eigenvalue weighted by Gasteiger charge is -2.32. The number of piperidine rings is 1. The zero-order valence-electron chi connectivity index (χ0n) is 10.8. The molecule has 0 bridgehead atoms. The van der Waals surface area contributed by atoms with Gasteiger partial charge in [0.15, 0.2) is 0 Å². The molecular formula is C14H19NO3S. The van der Waals surface area contributed by atoms with E-state index in [2.05, 4.69) is 0 Å². The van der Waals surface area contributed by atoms with Gasteiger partial charge in [0, 0.05) is 18.0 Å². The van der Waals surface area contributed by atoms with Gasteiger partial charge < -0.3 is 5.11 Å². The summed E-state index contributed by atoms with van der Waals surface area (Å²) in [4.78, 5) is 0. The molecule has 1 aromatic carbocycles. The van der Waals surface area contributed by atoms with E-state index >= 15 is 0 Å². The molecule has 1 fully saturated rings. The quantitative estimate of drug-likeness (QED) is 0.916. The van der Waals surface area contributed by atoms with E-state index in [1.807, 2.05) is 30.3 Å². The topological polar surface area (TPSA) is 57.6 Å². The number of rotatable bonds is 4. The van der Waals surface area contributed by atoms with Crippen LogP contribution in [0.4, 0.5) is 0 Å². The minimum absolute atomic E-state index is 0.113. The average molecular weight is 281 g/mol. The maximum atomic E-state index is 12.3. The van der Waals surface area contributed by atoms with Gasteiger partial charge >= 0.3 is 0 Å². The van der Waals surface area contributed by atoms with Crippen molar-refractivity contribution in [1.29, 1.82) is 0 Å². The van der Waals surface area contributed by atoms with Crippen molar-refractivity contribution in [2.45, 2.75) is 25.3 Å². The summed E-state index contributed by atoms with van der Waals surface area (Å²) in [6.07, 6.45) is 4.15. The molecule has 0 radical (unpaired) electrons. The van der Waals surface area contributed by atoms with E-state index in [9.17, 15) is 13.5 Å². The zero-order chi connectivity index (χ0) is 13.7. The number of aliphatic hydroxyl groups is 1. The van der Waals surface area contributed by atoms with Crippen LogP contribution in [0.2, 0.25) is 0 Å². The van der Waals surface area contributed by atoms with Crippen molar-refractivity contribution in [3.05, 3.63) is 41.3 Å². The van der Waals surface area contributed by atoms with Crippen LogP contribution in [0.1, 0.15) is 24.8 Å². The highest BCUT2D eigenvalue weighted by molar-refractivity contribution is 7.92. The molecule has 5 heteroatoms. The number of benzene rings is 1. The summed E-state index contributed by atoms with van der Waals surface area (Å²) in [7, 11) is -3.45. The summed E-state index contributed by atoms with van der Waals surface area (Å²) >= 11 is 0. The Hall–Kier alpha value is -1.17. The molecule has 1 aliphatic heterocycles. The van der Waals surface area contributed by atoms with Gasteiger partial charge in [-0.15, -0.1) is 0 Å². The van der Waals surface area contributed by atoms with E-state index in [0.29, 0.717) is 6.54 Å². The van der Waals surface area contributed by atoms with Crippen LogP contribution in [0, 0.1) is 0 Å². The molecule has 0 aromatic heterocycles. The molecule has 0 amide bonds. The summed E-state index contributed by atoms with van der Waals surface area (Å²) in [5.74, 6) is 0. The van der Waals surface area contributed by atoms with Gasteiger partial charge in [0.25, 0.3) is 0 Å². The van der Waals surface area contributed by atoms with Gasteiger partial charge in [0.2, 0.25) is 10.0 Å². The molecule has 19 heavy (non-hydrogen) atoms. The molecule has 2 rings (SSSR count). The van der Waals surface area contributed by atoms with Crippen molar-refractivity contribution >= 4 is 16.1 Å². The normalized spacial score (nSPS) is 21.8. The predicted octanol–water partition coefficient (Wildman–Crippen LogP) is 1.83. The molecule has 4 nitrogen and oxygen atoms in total. The van der Waals surface area contributed by atoms with Crippen LogP contribution in [-0.4, -0.2) is 37.0 Å². The van der Waals surface area contributed by atoms with Crippen LogP contribution < -0.4 is 0 Å². The van der Waals surface area contributed by atoms with Crippen LogP contribution in [0.25, 0.3) is 6.08 Å². The second-order valence-electron chi connectivity index (χ2n) is 4.70. The molecule has 104 valence electrons. The lowest BCUT2D eigenvalue weighted by atomic mass is 10.1. The second-order valence-corrected chi connectivity index (χ2v) is 6.47. The van der Waals surface area contributed by atoms with Crippen molar-refractivity contribution in [3.63, 3.8) is 0 Å². The van der Waals surface area contributed by atoms with Crippen molar-refractivity contribution in [2.75, 3.05) is 13.2 Å². The first-order valence-electron chi connectivity index (χ1n) is 6.49. The SMILES string of the molecule is O=S(=O)(/C=C/c1ccccc1)N1CCCCC1CO. The molecule has 1 unspecified atom stereocenters. The minimum atomic E-state index is -3.45. The predicted molar refractivity (Wildman–Crippen MR) is 75.8 cm³/mol. The summed E-state index contributed by atoms with van der Waals surface area (Å²) < 4.78 is 25.9. The first-order valence-corrected chi connectivity index (χ1v) is 7.99. The van der Waals surface area contributed by atoms with E-state index in [1.54, 1.807) is 6.08 Å². The Balaban J connectivity index is 2.15. The Kier molecular flexibility index (Phi) is 4.74. The first-order chi connectivity index (χ1) is 9.13. The third kappa shape index (κ3) is 3.65. The summed E-state index contributed by atoms with van der Waals surface area (Å²) in [5, 5.41) is 10.5. The molecule has 1 aromatic rings. The van der Waals surface area contributed by atoms with Gasteiger partial charge in [-0.3, -0.25) is 0 Å². The van der Waals surface area contributed by atoms with E-state index in [1.165, 1.54) is 9.71 Å². The first kappa shape index (κ1) is 14.2. The lowest BCUT2D eigenvalue weighted by molar-refractivity contribution is 0.156. The minimum Gasteiger partial charge on any atom is -0.395 e. The van der Waals surface area contributed by atoms with Gasteiger partial charge in [-0.25, -0.2) is 8.42 Å². The van der Waals surface area contributed by atoms with Crippen LogP contribution in [0.15, 0.2) is 35.7 Å². The average Bonchev–Trinajstić information content (AvgIpc) is 2.46. The van der Waals surface area contributed by atoms with Gasteiger partial charge in [0.1, 0.15) is 0 Å². The summed E-state index contributed by atoms with van der Waals surface area (Å²) in [6.45, 7) is 0.380. The van der Waals surface area contributed by atoms with Gasteiger partial charge in [-0.2, -0.15) is 4.31 Å². The highest BCUT2D eigenvalue weighted by Crippen LogP contribution is 2.21. The maximum absolute atomic E-state index is 12.3. The van der Waals surface area contributed by atoms with E-state index in [0.717, 1.165) is 24.8 Å². The largest absolute Gasteiger partial charge is 0.395 e. The van der Waals surface area contributed by atoms with Crippen molar-refractivity contribution in [3.8, 4) is 0 Å². The monoisotopic (exact) mass is 281 g/mol. The molecule has 1 atom stereocenters. The molecule has 1 saturated heterocycles. The third-order valence-electron chi connectivity index (χ3n) is 3.34. The molecule has 1 heterocycles. The number of hydrogen-bond acceptors (Lipinski definition) is 3. The number of nitrogens with zero attached hydrogens (tertiary/aromatic N) is 1. The molecular weight excluding hydrogens is 262 g/mol. The zero-order valence-corrected chi connectivity index (χ0v) is 11.6. The molecule has 0 spiro atoms. The molecule has 0 aliphatic carbocycles. The highest BCUT2D eigenvalue weighted by Gasteiger charge is 2.29. The Bertz CT molecular complexity index is 525. The van der Waals surface area contributed by atoms with Gasteiger partial charge in [-0.05, 0) is 24.5 Å². The molecule has 1 aliphatic rings. The summed E-state index contributed by atoms with van der Waals surface area (Å²) in [5.41, 5.74) is 0.851. The van der Waals surface area contributed by atoms with E-state index in [4.69, 9.17) is 0 Å². The van der Waals surface area contributed by atoms with Crippen LogP contribution in [-0.2, 0) is 10.0 Å². The van der Waals surface area contributed by atoms with Crippen molar-refractivity contribution in [2.24, 2.45) is 0 Å². The lowest BCUT2D eigenvalue weighted by Crippen LogP contribution is -2.44. The van der Waals surface area contributed by atoms with Crippen LogP contribution in [0.5, 0.6) is 0 Å². The smallest absolute Gasteiger partial charge is 0.236 e. The van der Waals surface area contributed by atoms with Crippen molar-refractivity contribution in [1.82, 2.24) is 4.31 Å². The van der Waals surface area contributed by atoms with Crippen LogP contribution in [0.3, 0.4) is 0 Å². The fourth-order valence-corrected chi connectivity index (χ4v) is 3.76. The van der Waals surface area contributed by atoms with Crippen molar-refractivity contribution < 1.29 is 13.5 Å². The fraction of sp³-hybridized carbons (Fsp3) is 0.429. The fourth-order valence-electron chi connectivity index (χ4n) is 2.30. The Morgan fingerprint density at radius 1 is 1.26 bits per heavy atom. The molecule has 1 N–H and O–H groups in total. The Labute approximate surface area is 114 Å². The number of aliphatic hydroxyl groups excluding tert-OH is 1. The molecule has 0 saturated carbocycles.